The Balaban J connectivity index is 1.43. The van der Waals surface area contributed by atoms with Crippen LogP contribution in [0.2, 0.25) is 0 Å². The van der Waals surface area contributed by atoms with Crippen molar-refractivity contribution in [1.29, 1.82) is 0 Å². The van der Waals surface area contributed by atoms with E-state index in [2.05, 4.69) is 85.9 Å². The van der Waals surface area contributed by atoms with E-state index in [1.807, 2.05) is 79.2 Å². The van der Waals surface area contributed by atoms with Crippen molar-refractivity contribution < 1.29 is 9.59 Å². The average molecular weight is 657 g/mol. The highest BCUT2D eigenvalue weighted by molar-refractivity contribution is 6.11. The Morgan fingerprint density at radius 2 is 1.36 bits per heavy atom. The SMILES string of the molecule is Cc1ccc([C@@H]2[C@@H]([C@@H](CC(=O)c3ccccc3)c3ccc(C)cc3)C(c3ccccc3)=Nc3c(C(=O)Nc4ccc(C)cc4C)cnn32)cc1. The van der Waals surface area contributed by atoms with Crippen LogP contribution in [0.25, 0.3) is 0 Å². The molecular formula is C44H40N4O2. The van der Waals surface area contributed by atoms with Crippen LogP contribution in [-0.2, 0) is 0 Å². The summed E-state index contributed by atoms with van der Waals surface area (Å²) in [6.45, 7) is 8.16. The molecule has 1 aliphatic rings. The van der Waals surface area contributed by atoms with Gasteiger partial charge in [0.1, 0.15) is 5.56 Å². The number of Topliss-reactive ketones (excluding diaryl/α,β-unsaturated/α-hetero) is 1. The van der Waals surface area contributed by atoms with Crippen molar-refractivity contribution in [3.63, 3.8) is 0 Å². The lowest BCUT2D eigenvalue weighted by atomic mass is 9.71. The van der Waals surface area contributed by atoms with Crippen molar-refractivity contribution >= 4 is 28.9 Å². The fourth-order valence-corrected chi connectivity index (χ4v) is 7.06. The maximum atomic E-state index is 14.1. The Labute approximate surface area is 293 Å². The fourth-order valence-electron chi connectivity index (χ4n) is 7.06. The molecule has 0 fully saturated rings. The van der Waals surface area contributed by atoms with Gasteiger partial charge in [0.05, 0.1) is 18.0 Å². The van der Waals surface area contributed by atoms with Gasteiger partial charge in [-0.1, -0.05) is 138 Å². The van der Waals surface area contributed by atoms with Crippen LogP contribution in [0.5, 0.6) is 0 Å². The molecule has 6 aromatic rings. The first-order valence-electron chi connectivity index (χ1n) is 17.1. The quantitative estimate of drug-likeness (QED) is 0.157. The predicted octanol–water partition coefficient (Wildman–Crippen LogP) is 9.77. The smallest absolute Gasteiger partial charge is 0.261 e. The van der Waals surface area contributed by atoms with Gasteiger partial charge in [0.25, 0.3) is 5.91 Å². The third-order valence-corrected chi connectivity index (χ3v) is 9.72. The minimum atomic E-state index is -0.365. The number of fused-ring (bicyclic) bond motifs is 1. The first-order valence-corrected chi connectivity index (χ1v) is 17.1. The zero-order valence-corrected chi connectivity index (χ0v) is 28.8. The van der Waals surface area contributed by atoms with Gasteiger partial charge in [0.2, 0.25) is 0 Å². The molecular weight excluding hydrogens is 617 g/mol. The van der Waals surface area contributed by atoms with Gasteiger partial charge in [-0.15, -0.1) is 0 Å². The molecule has 0 saturated heterocycles. The van der Waals surface area contributed by atoms with Crippen molar-refractivity contribution in [3.05, 3.63) is 184 Å². The zero-order chi connectivity index (χ0) is 34.8. The maximum absolute atomic E-state index is 14.1. The van der Waals surface area contributed by atoms with E-state index < -0.39 is 0 Å². The molecule has 3 atom stereocenters. The summed E-state index contributed by atoms with van der Waals surface area (Å²) in [5.74, 6) is -0.294. The molecule has 248 valence electrons. The van der Waals surface area contributed by atoms with Gasteiger partial charge in [-0.3, -0.25) is 9.59 Å². The number of nitrogens with one attached hydrogen (secondary N) is 1. The van der Waals surface area contributed by atoms with Gasteiger partial charge in [-0.05, 0) is 56.0 Å². The number of ketones is 1. The first-order chi connectivity index (χ1) is 24.3. The van der Waals surface area contributed by atoms with E-state index in [9.17, 15) is 9.59 Å². The molecule has 0 unspecified atom stereocenters. The number of amides is 1. The molecule has 0 radical (unpaired) electrons. The summed E-state index contributed by atoms with van der Waals surface area (Å²) in [6, 6.07) is 42.2. The summed E-state index contributed by atoms with van der Waals surface area (Å²) >= 11 is 0. The van der Waals surface area contributed by atoms with Crippen molar-refractivity contribution in [1.82, 2.24) is 9.78 Å². The highest BCUT2D eigenvalue weighted by Crippen LogP contribution is 2.47. The van der Waals surface area contributed by atoms with Crippen LogP contribution < -0.4 is 5.32 Å². The zero-order valence-electron chi connectivity index (χ0n) is 28.8. The lowest BCUT2D eigenvalue weighted by molar-refractivity contribution is 0.0964. The summed E-state index contributed by atoms with van der Waals surface area (Å²) in [5.41, 5.74) is 10.0. The highest BCUT2D eigenvalue weighted by atomic mass is 16.1. The summed E-state index contributed by atoms with van der Waals surface area (Å²) in [6.07, 6.45) is 1.89. The lowest BCUT2D eigenvalue weighted by Crippen LogP contribution is -2.37. The number of anilines is 1. The van der Waals surface area contributed by atoms with Crippen molar-refractivity contribution in [2.45, 2.75) is 46.1 Å². The minimum absolute atomic E-state index is 0.0611. The van der Waals surface area contributed by atoms with E-state index in [-0.39, 0.29) is 36.0 Å². The topological polar surface area (TPSA) is 76.3 Å². The molecule has 7 rings (SSSR count). The molecule has 0 aliphatic carbocycles. The summed E-state index contributed by atoms with van der Waals surface area (Å²) < 4.78 is 1.90. The van der Waals surface area contributed by atoms with Gasteiger partial charge in [0.15, 0.2) is 11.6 Å². The van der Waals surface area contributed by atoms with Gasteiger partial charge in [-0.2, -0.15) is 5.10 Å². The van der Waals surface area contributed by atoms with Gasteiger partial charge in [0, 0.05) is 29.5 Å². The molecule has 5 aromatic carbocycles. The molecule has 2 heterocycles. The van der Waals surface area contributed by atoms with Crippen LogP contribution in [0.1, 0.15) is 78.0 Å². The molecule has 1 aliphatic heterocycles. The van der Waals surface area contributed by atoms with Crippen LogP contribution in [-0.4, -0.2) is 27.2 Å². The molecule has 0 bridgehead atoms. The second-order valence-corrected chi connectivity index (χ2v) is 13.4. The Kier molecular flexibility index (Phi) is 9.09. The van der Waals surface area contributed by atoms with Crippen LogP contribution in [0, 0.1) is 33.6 Å². The second-order valence-electron chi connectivity index (χ2n) is 13.4. The van der Waals surface area contributed by atoms with Gasteiger partial charge < -0.3 is 5.32 Å². The fraction of sp³-hybridized carbons (Fsp3) is 0.182. The normalized spacial score (nSPS) is 15.9. The molecule has 0 saturated carbocycles. The average Bonchev–Trinajstić information content (AvgIpc) is 3.56. The third-order valence-electron chi connectivity index (χ3n) is 9.72. The van der Waals surface area contributed by atoms with Crippen LogP contribution in [0.15, 0.2) is 139 Å². The van der Waals surface area contributed by atoms with E-state index in [4.69, 9.17) is 10.1 Å². The third kappa shape index (κ3) is 6.57. The summed E-state index contributed by atoms with van der Waals surface area (Å²) in [5, 5.41) is 8.02. The van der Waals surface area contributed by atoms with Crippen molar-refractivity contribution in [2.24, 2.45) is 10.9 Å². The largest absolute Gasteiger partial charge is 0.322 e. The second kappa shape index (κ2) is 13.9. The summed E-state index contributed by atoms with van der Waals surface area (Å²) in [4.78, 5) is 33.5. The molecule has 0 spiro atoms. The number of nitrogens with zero attached hydrogens (tertiary/aromatic N) is 3. The molecule has 1 amide bonds. The molecule has 6 nitrogen and oxygen atoms in total. The van der Waals surface area contributed by atoms with Crippen LogP contribution >= 0.6 is 0 Å². The van der Waals surface area contributed by atoms with Gasteiger partial charge in [-0.25, -0.2) is 9.67 Å². The minimum Gasteiger partial charge on any atom is -0.322 e. The van der Waals surface area contributed by atoms with E-state index in [1.54, 1.807) is 6.20 Å². The number of aromatic nitrogens is 2. The number of hydrogen-bond acceptors (Lipinski definition) is 4. The number of hydrogen-bond donors (Lipinski definition) is 1. The Bertz CT molecular complexity index is 2180. The number of rotatable bonds is 9. The van der Waals surface area contributed by atoms with Crippen molar-refractivity contribution in [2.75, 3.05) is 5.32 Å². The molecule has 50 heavy (non-hydrogen) atoms. The number of benzene rings is 5. The van der Waals surface area contributed by atoms with E-state index in [1.165, 1.54) is 0 Å². The number of aliphatic imine (C=N–C) groups is 1. The highest BCUT2D eigenvalue weighted by Gasteiger charge is 2.43. The monoisotopic (exact) mass is 656 g/mol. The molecule has 6 heteroatoms. The number of aryl methyl sites for hydroxylation is 4. The maximum Gasteiger partial charge on any atom is 0.261 e. The lowest BCUT2D eigenvalue weighted by Gasteiger charge is -2.39. The van der Waals surface area contributed by atoms with Gasteiger partial charge >= 0.3 is 0 Å². The Hall–Kier alpha value is -5.88. The number of carbonyl (C=O) groups excluding carboxylic acids is 2. The Morgan fingerprint density at radius 3 is 2.02 bits per heavy atom. The number of carbonyl (C=O) groups is 2. The Morgan fingerprint density at radius 1 is 0.740 bits per heavy atom. The van der Waals surface area contributed by atoms with E-state index in [0.29, 0.717) is 16.9 Å². The van der Waals surface area contributed by atoms with Crippen molar-refractivity contribution in [3.8, 4) is 0 Å². The first kappa shape index (κ1) is 32.7. The molecule has 1 aromatic heterocycles. The standard InChI is InChI=1S/C44H40N4O2/c1-28-15-20-32(21-16-28)36(26-39(49)33-11-7-5-8-12-33)40-41(34-13-9-6-10-14-34)47-43-37(44(50)46-38-24-19-30(3)25-31(38)4)27-45-48(43)42(40)35-22-17-29(2)18-23-35/h5-25,27,36,40,42H,26H2,1-4H3,(H,46,50)/t36-,40-,42+/m0/s1. The molecule has 1 N–H and O–H groups in total. The van der Waals surface area contributed by atoms with E-state index >= 15 is 0 Å². The van der Waals surface area contributed by atoms with Crippen LogP contribution in [0.3, 0.4) is 0 Å². The summed E-state index contributed by atoms with van der Waals surface area (Å²) in [7, 11) is 0. The van der Waals surface area contributed by atoms with Crippen LogP contribution in [0.4, 0.5) is 11.5 Å². The van der Waals surface area contributed by atoms with E-state index in [0.717, 1.165) is 50.3 Å². The predicted molar refractivity (Wildman–Crippen MR) is 201 cm³/mol.